The highest BCUT2D eigenvalue weighted by molar-refractivity contribution is 5.49. The van der Waals surface area contributed by atoms with Crippen molar-refractivity contribution in [2.24, 2.45) is 5.73 Å². The van der Waals surface area contributed by atoms with E-state index in [-0.39, 0.29) is 5.54 Å². The van der Waals surface area contributed by atoms with Crippen LogP contribution in [0.5, 0.6) is 0 Å². The molecule has 5 nitrogen and oxygen atoms in total. The first kappa shape index (κ1) is 14.4. The van der Waals surface area contributed by atoms with Crippen LogP contribution in [0.1, 0.15) is 19.7 Å². The summed E-state index contributed by atoms with van der Waals surface area (Å²) in [5.74, 6) is 2.41. The summed E-state index contributed by atoms with van der Waals surface area (Å²) in [4.78, 5) is 10.8. The zero-order valence-corrected chi connectivity index (χ0v) is 11.7. The SMILES string of the molecule is C=CCNc1cc(N(C)CC(C)(C)N)nc(C)n1. The van der Waals surface area contributed by atoms with Crippen molar-refractivity contribution in [3.63, 3.8) is 0 Å². The van der Waals surface area contributed by atoms with Gasteiger partial charge in [0.1, 0.15) is 17.5 Å². The first-order valence-electron chi connectivity index (χ1n) is 6.02. The van der Waals surface area contributed by atoms with Gasteiger partial charge in [-0.05, 0) is 20.8 Å². The van der Waals surface area contributed by atoms with Crippen molar-refractivity contribution >= 4 is 11.6 Å². The Kier molecular flexibility index (Phi) is 4.67. The van der Waals surface area contributed by atoms with Gasteiger partial charge < -0.3 is 16.0 Å². The number of hydrogen-bond acceptors (Lipinski definition) is 5. The van der Waals surface area contributed by atoms with Gasteiger partial charge in [-0.1, -0.05) is 6.08 Å². The molecule has 0 amide bonds. The molecular weight excluding hydrogens is 226 g/mol. The van der Waals surface area contributed by atoms with Crippen molar-refractivity contribution in [1.82, 2.24) is 9.97 Å². The topological polar surface area (TPSA) is 67.1 Å². The van der Waals surface area contributed by atoms with Gasteiger partial charge in [0, 0.05) is 31.7 Å². The molecule has 1 rings (SSSR count). The summed E-state index contributed by atoms with van der Waals surface area (Å²) < 4.78 is 0. The maximum Gasteiger partial charge on any atom is 0.134 e. The van der Waals surface area contributed by atoms with E-state index < -0.39 is 0 Å². The molecule has 0 saturated carbocycles. The summed E-state index contributed by atoms with van der Waals surface area (Å²) in [6.45, 7) is 10.9. The summed E-state index contributed by atoms with van der Waals surface area (Å²) >= 11 is 0. The van der Waals surface area contributed by atoms with Crippen LogP contribution in [0.2, 0.25) is 0 Å². The molecule has 0 fully saturated rings. The lowest BCUT2D eigenvalue weighted by atomic mass is 10.1. The highest BCUT2D eigenvalue weighted by Crippen LogP contribution is 2.16. The largest absolute Gasteiger partial charge is 0.366 e. The minimum absolute atomic E-state index is 0.262. The fourth-order valence-corrected chi connectivity index (χ4v) is 1.71. The van der Waals surface area contributed by atoms with Gasteiger partial charge in [-0.25, -0.2) is 9.97 Å². The average molecular weight is 249 g/mol. The lowest BCUT2D eigenvalue weighted by Gasteiger charge is -2.27. The monoisotopic (exact) mass is 249 g/mol. The highest BCUT2D eigenvalue weighted by atomic mass is 15.2. The molecule has 1 aromatic heterocycles. The molecule has 100 valence electrons. The summed E-state index contributed by atoms with van der Waals surface area (Å²) in [6.07, 6.45) is 1.80. The number of likely N-dealkylation sites (N-methyl/N-ethyl adjacent to an activating group) is 1. The number of aryl methyl sites for hydroxylation is 1. The molecule has 0 aromatic carbocycles. The maximum atomic E-state index is 6.02. The fourth-order valence-electron chi connectivity index (χ4n) is 1.71. The number of anilines is 2. The second-order valence-corrected chi connectivity index (χ2v) is 5.17. The minimum Gasteiger partial charge on any atom is -0.366 e. The number of rotatable bonds is 6. The smallest absolute Gasteiger partial charge is 0.134 e. The van der Waals surface area contributed by atoms with E-state index in [9.17, 15) is 0 Å². The van der Waals surface area contributed by atoms with E-state index in [1.54, 1.807) is 6.08 Å². The van der Waals surface area contributed by atoms with E-state index in [0.717, 1.165) is 24.0 Å². The maximum absolute atomic E-state index is 6.02. The zero-order valence-electron chi connectivity index (χ0n) is 11.7. The normalized spacial score (nSPS) is 11.2. The summed E-state index contributed by atoms with van der Waals surface area (Å²) in [5.41, 5.74) is 5.75. The molecule has 0 saturated heterocycles. The van der Waals surface area contributed by atoms with Gasteiger partial charge in [-0.2, -0.15) is 0 Å². The first-order valence-corrected chi connectivity index (χ1v) is 6.02. The second-order valence-electron chi connectivity index (χ2n) is 5.17. The Morgan fingerprint density at radius 3 is 2.72 bits per heavy atom. The number of hydrogen-bond donors (Lipinski definition) is 2. The van der Waals surface area contributed by atoms with Gasteiger partial charge in [0.15, 0.2) is 0 Å². The van der Waals surface area contributed by atoms with Gasteiger partial charge in [-0.3, -0.25) is 0 Å². The Labute approximate surface area is 109 Å². The van der Waals surface area contributed by atoms with Gasteiger partial charge in [-0.15, -0.1) is 6.58 Å². The molecule has 3 N–H and O–H groups in total. The first-order chi connectivity index (χ1) is 8.31. The second kappa shape index (κ2) is 5.82. The van der Waals surface area contributed by atoms with Crippen LogP contribution < -0.4 is 16.0 Å². The standard InChI is InChI=1S/C13H23N5/c1-6-7-15-11-8-12(17-10(2)16-11)18(5)9-13(3,4)14/h6,8H,1,7,9,14H2,2-5H3,(H,15,16,17). The van der Waals surface area contributed by atoms with E-state index >= 15 is 0 Å². The van der Waals surface area contributed by atoms with Crippen molar-refractivity contribution in [3.8, 4) is 0 Å². The van der Waals surface area contributed by atoms with Crippen LogP contribution >= 0.6 is 0 Å². The van der Waals surface area contributed by atoms with Gasteiger partial charge >= 0.3 is 0 Å². The number of nitrogens with one attached hydrogen (secondary N) is 1. The van der Waals surface area contributed by atoms with Crippen molar-refractivity contribution in [3.05, 3.63) is 24.5 Å². The predicted molar refractivity (Wildman–Crippen MR) is 77.0 cm³/mol. The van der Waals surface area contributed by atoms with Crippen LogP contribution in [0.15, 0.2) is 18.7 Å². The van der Waals surface area contributed by atoms with Crippen LogP contribution in [0.25, 0.3) is 0 Å². The van der Waals surface area contributed by atoms with Crippen molar-refractivity contribution < 1.29 is 0 Å². The van der Waals surface area contributed by atoms with Crippen molar-refractivity contribution in [2.45, 2.75) is 26.3 Å². The van der Waals surface area contributed by atoms with Crippen LogP contribution in [0.3, 0.4) is 0 Å². The lowest BCUT2D eigenvalue weighted by Crippen LogP contribution is -2.44. The van der Waals surface area contributed by atoms with Gasteiger partial charge in [0.25, 0.3) is 0 Å². The van der Waals surface area contributed by atoms with Gasteiger partial charge in [0.05, 0.1) is 0 Å². The molecule has 1 heterocycles. The molecule has 5 heteroatoms. The van der Waals surface area contributed by atoms with Gasteiger partial charge in [0.2, 0.25) is 0 Å². The predicted octanol–water partition coefficient (Wildman–Crippen LogP) is 1.56. The molecule has 0 aliphatic carbocycles. The average Bonchev–Trinajstić information content (AvgIpc) is 2.23. The highest BCUT2D eigenvalue weighted by Gasteiger charge is 2.15. The molecule has 1 aromatic rings. The van der Waals surface area contributed by atoms with Crippen LogP contribution in [0, 0.1) is 6.92 Å². The van der Waals surface area contributed by atoms with Crippen molar-refractivity contribution in [2.75, 3.05) is 30.4 Å². The number of aromatic nitrogens is 2. The third-order valence-electron chi connectivity index (χ3n) is 2.29. The van der Waals surface area contributed by atoms with E-state index in [4.69, 9.17) is 5.73 Å². The zero-order chi connectivity index (χ0) is 13.8. The molecule has 0 aliphatic rings. The van der Waals surface area contributed by atoms with Crippen molar-refractivity contribution in [1.29, 1.82) is 0 Å². The Balaban J connectivity index is 2.87. The molecule has 0 aliphatic heterocycles. The number of nitrogens with two attached hydrogens (primary N) is 1. The number of nitrogens with zero attached hydrogens (tertiary/aromatic N) is 3. The molecule has 0 bridgehead atoms. The summed E-state index contributed by atoms with van der Waals surface area (Å²) in [5, 5.41) is 3.17. The Bertz CT molecular complexity index is 408. The molecule has 0 spiro atoms. The molecular formula is C13H23N5. The molecule has 18 heavy (non-hydrogen) atoms. The quantitative estimate of drug-likeness (QED) is 0.749. The van der Waals surface area contributed by atoms with E-state index in [1.807, 2.05) is 38.8 Å². The van der Waals surface area contributed by atoms with E-state index in [1.165, 1.54) is 0 Å². The Morgan fingerprint density at radius 2 is 2.17 bits per heavy atom. The minimum atomic E-state index is -0.262. The van der Waals surface area contributed by atoms with Crippen LogP contribution in [-0.2, 0) is 0 Å². The fraction of sp³-hybridized carbons (Fsp3) is 0.538. The summed E-state index contributed by atoms with van der Waals surface area (Å²) in [7, 11) is 1.98. The molecule has 0 unspecified atom stereocenters. The Morgan fingerprint density at radius 1 is 1.50 bits per heavy atom. The Hall–Kier alpha value is -1.62. The third kappa shape index (κ3) is 4.71. The van der Waals surface area contributed by atoms with Crippen LogP contribution in [0.4, 0.5) is 11.6 Å². The summed E-state index contributed by atoms with van der Waals surface area (Å²) in [6, 6.07) is 1.92. The molecule has 0 atom stereocenters. The van der Waals surface area contributed by atoms with E-state index in [0.29, 0.717) is 6.54 Å². The van der Waals surface area contributed by atoms with Crippen LogP contribution in [-0.4, -0.2) is 35.6 Å². The lowest BCUT2D eigenvalue weighted by molar-refractivity contribution is 0.517. The third-order valence-corrected chi connectivity index (χ3v) is 2.29. The molecule has 0 radical (unpaired) electrons. The van der Waals surface area contributed by atoms with E-state index in [2.05, 4.69) is 21.9 Å².